The molecule has 2 aromatic rings. The Morgan fingerprint density at radius 3 is 2.38 bits per heavy atom. The lowest BCUT2D eigenvalue weighted by Crippen LogP contribution is -2.62. The van der Waals surface area contributed by atoms with Gasteiger partial charge < -0.3 is 16.4 Å². The van der Waals surface area contributed by atoms with Gasteiger partial charge in [0.15, 0.2) is 0 Å². The fourth-order valence-corrected chi connectivity index (χ4v) is 4.13. The Kier molecular flexibility index (Phi) is 4.75. The van der Waals surface area contributed by atoms with E-state index in [0.29, 0.717) is 16.4 Å². The summed E-state index contributed by atoms with van der Waals surface area (Å²) < 4.78 is 1.54. The highest BCUT2D eigenvalue weighted by Gasteiger charge is 2.38. The van der Waals surface area contributed by atoms with E-state index in [1.54, 1.807) is 16.8 Å². The number of halogens is 1. The van der Waals surface area contributed by atoms with E-state index in [1.165, 1.54) is 6.20 Å². The van der Waals surface area contributed by atoms with Gasteiger partial charge in [-0.25, -0.2) is 4.68 Å². The standard InChI is InChI=1S/C19H26ClN5O/c1-18(2)9-13(10-19(3,4)24-18)23-17(26)15-11-22-25(16(15)21)14-7-5-12(20)6-8-14/h5-8,11,13,24H,9-10,21H2,1-4H3,(H,23,26). The van der Waals surface area contributed by atoms with Gasteiger partial charge in [-0.1, -0.05) is 11.6 Å². The van der Waals surface area contributed by atoms with E-state index >= 15 is 0 Å². The highest BCUT2D eigenvalue weighted by Crippen LogP contribution is 2.29. The number of nitrogens with zero attached hydrogens (tertiary/aromatic N) is 2. The summed E-state index contributed by atoms with van der Waals surface area (Å²) in [5, 5.41) is 11.6. The van der Waals surface area contributed by atoms with Crippen LogP contribution in [0, 0.1) is 0 Å². The highest BCUT2D eigenvalue weighted by molar-refractivity contribution is 6.30. The van der Waals surface area contributed by atoms with Gasteiger partial charge in [0.25, 0.3) is 5.91 Å². The molecule has 1 amide bonds. The second kappa shape index (κ2) is 6.59. The number of nitrogens with two attached hydrogens (primary N) is 1. The number of hydrogen-bond acceptors (Lipinski definition) is 4. The molecule has 1 aliphatic heterocycles. The quantitative estimate of drug-likeness (QED) is 0.769. The lowest BCUT2D eigenvalue weighted by Gasteiger charge is -2.46. The van der Waals surface area contributed by atoms with E-state index in [2.05, 4.69) is 43.4 Å². The SMILES string of the molecule is CC1(C)CC(NC(=O)c2cnn(-c3ccc(Cl)cc3)c2N)CC(C)(C)N1. The Morgan fingerprint density at radius 1 is 1.23 bits per heavy atom. The predicted molar refractivity (Wildman–Crippen MR) is 105 cm³/mol. The normalized spacial score (nSPS) is 19.3. The smallest absolute Gasteiger partial charge is 0.256 e. The molecule has 4 N–H and O–H groups in total. The van der Waals surface area contributed by atoms with Gasteiger partial charge in [0.2, 0.25) is 0 Å². The van der Waals surface area contributed by atoms with E-state index in [0.717, 1.165) is 18.5 Å². The molecule has 1 aromatic carbocycles. The minimum atomic E-state index is -0.193. The number of benzene rings is 1. The van der Waals surface area contributed by atoms with Gasteiger partial charge in [0, 0.05) is 22.1 Å². The second-order valence-corrected chi connectivity index (χ2v) is 8.74. The minimum absolute atomic E-state index is 0.0429. The molecule has 1 aromatic heterocycles. The number of carbonyl (C=O) groups is 1. The van der Waals surface area contributed by atoms with Crippen LogP contribution in [0.5, 0.6) is 0 Å². The Balaban J connectivity index is 1.78. The van der Waals surface area contributed by atoms with Crippen molar-refractivity contribution in [2.24, 2.45) is 0 Å². The summed E-state index contributed by atoms with van der Waals surface area (Å²) in [5.41, 5.74) is 7.24. The van der Waals surface area contributed by atoms with Crippen LogP contribution >= 0.6 is 11.6 Å². The van der Waals surface area contributed by atoms with Gasteiger partial charge in [0.05, 0.1) is 11.9 Å². The first-order chi connectivity index (χ1) is 12.1. The topological polar surface area (TPSA) is 85.0 Å². The monoisotopic (exact) mass is 375 g/mol. The Bertz CT molecular complexity index is 794. The van der Waals surface area contributed by atoms with Crippen LogP contribution in [0.1, 0.15) is 50.9 Å². The Labute approximate surface area is 159 Å². The van der Waals surface area contributed by atoms with Crippen LogP contribution in [0.25, 0.3) is 5.69 Å². The van der Waals surface area contributed by atoms with Crippen molar-refractivity contribution < 1.29 is 4.79 Å². The average Bonchev–Trinajstić information content (AvgIpc) is 2.86. The molecule has 140 valence electrons. The van der Waals surface area contributed by atoms with E-state index in [9.17, 15) is 4.79 Å². The fraction of sp³-hybridized carbons (Fsp3) is 0.474. The number of piperidine rings is 1. The van der Waals surface area contributed by atoms with Crippen molar-refractivity contribution in [1.82, 2.24) is 20.4 Å². The number of carbonyl (C=O) groups excluding carboxylic acids is 1. The molecule has 0 saturated carbocycles. The molecule has 1 fully saturated rings. The molecular weight excluding hydrogens is 350 g/mol. The molecule has 6 nitrogen and oxygen atoms in total. The number of nitrogen functional groups attached to an aromatic ring is 1. The molecule has 0 bridgehead atoms. The fourth-order valence-electron chi connectivity index (χ4n) is 4.01. The maximum absolute atomic E-state index is 12.8. The molecule has 0 aliphatic carbocycles. The lowest BCUT2D eigenvalue weighted by atomic mass is 9.79. The van der Waals surface area contributed by atoms with Crippen molar-refractivity contribution in [2.45, 2.75) is 57.7 Å². The first-order valence-electron chi connectivity index (χ1n) is 8.76. The van der Waals surface area contributed by atoms with Gasteiger partial charge in [-0.05, 0) is 64.8 Å². The third-order valence-corrected chi connectivity index (χ3v) is 4.90. The number of aromatic nitrogens is 2. The highest BCUT2D eigenvalue weighted by atomic mass is 35.5. The zero-order chi connectivity index (χ0) is 19.1. The minimum Gasteiger partial charge on any atom is -0.383 e. The summed E-state index contributed by atoms with van der Waals surface area (Å²) in [4.78, 5) is 12.8. The van der Waals surface area contributed by atoms with Crippen LogP contribution in [-0.2, 0) is 0 Å². The summed E-state index contributed by atoms with van der Waals surface area (Å²) in [6.07, 6.45) is 3.22. The van der Waals surface area contributed by atoms with Crippen LogP contribution in [0.2, 0.25) is 5.02 Å². The second-order valence-electron chi connectivity index (χ2n) is 8.30. The third-order valence-electron chi connectivity index (χ3n) is 4.65. The summed E-state index contributed by atoms with van der Waals surface area (Å²) in [6.45, 7) is 8.61. The van der Waals surface area contributed by atoms with E-state index in [1.807, 2.05) is 12.1 Å². The van der Waals surface area contributed by atoms with Gasteiger partial charge in [0.1, 0.15) is 11.4 Å². The number of nitrogens with one attached hydrogen (secondary N) is 2. The zero-order valence-electron chi connectivity index (χ0n) is 15.6. The van der Waals surface area contributed by atoms with Crippen molar-refractivity contribution >= 4 is 23.3 Å². The van der Waals surface area contributed by atoms with Crippen LogP contribution in [-0.4, -0.2) is 32.8 Å². The van der Waals surface area contributed by atoms with E-state index in [4.69, 9.17) is 17.3 Å². The van der Waals surface area contributed by atoms with Crippen molar-refractivity contribution in [3.05, 3.63) is 41.0 Å². The third kappa shape index (κ3) is 4.02. The number of rotatable bonds is 3. The molecule has 26 heavy (non-hydrogen) atoms. The number of amides is 1. The van der Waals surface area contributed by atoms with Crippen LogP contribution in [0.15, 0.2) is 30.5 Å². The molecule has 7 heteroatoms. The summed E-state index contributed by atoms with van der Waals surface area (Å²) in [5.74, 6) is 0.124. The van der Waals surface area contributed by atoms with Gasteiger partial charge >= 0.3 is 0 Å². The van der Waals surface area contributed by atoms with E-state index < -0.39 is 0 Å². The molecule has 1 aliphatic rings. The number of anilines is 1. The molecule has 0 atom stereocenters. The molecule has 1 saturated heterocycles. The van der Waals surface area contributed by atoms with Crippen molar-refractivity contribution in [2.75, 3.05) is 5.73 Å². The average molecular weight is 376 g/mol. The van der Waals surface area contributed by atoms with Crippen LogP contribution in [0.4, 0.5) is 5.82 Å². The first kappa shape index (κ1) is 18.7. The largest absolute Gasteiger partial charge is 0.383 e. The lowest BCUT2D eigenvalue weighted by molar-refractivity contribution is 0.0874. The summed E-state index contributed by atoms with van der Waals surface area (Å²) in [7, 11) is 0. The molecular formula is C19H26ClN5O. The molecule has 0 unspecified atom stereocenters. The molecule has 2 heterocycles. The van der Waals surface area contributed by atoms with E-state index in [-0.39, 0.29) is 23.0 Å². The molecule has 3 rings (SSSR count). The first-order valence-corrected chi connectivity index (χ1v) is 9.14. The Morgan fingerprint density at radius 2 is 1.81 bits per heavy atom. The maximum atomic E-state index is 12.8. The van der Waals surface area contributed by atoms with Crippen molar-refractivity contribution in [1.29, 1.82) is 0 Å². The summed E-state index contributed by atoms with van der Waals surface area (Å²) >= 11 is 5.92. The van der Waals surface area contributed by atoms with Gasteiger partial charge in [-0.3, -0.25) is 4.79 Å². The van der Waals surface area contributed by atoms with Gasteiger partial charge in [-0.2, -0.15) is 5.10 Å². The zero-order valence-corrected chi connectivity index (χ0v) is 16.4. The number of hydrogen-bond donors (Lipinski definition) is 3. The maximum Gasteiger partial charge on any atom is 0.256 e. The van der Waals surface area contributed by atoms with Gasteiger partial charge in [-0.15, -0.1) is 0 Å². The van der Waals surface area contributed by atoms with Crippen molar-refractivity contribution in [3.8, 4) is 5.69 Å². The van der Waals surface area contributed by atoms with Crippen molar-refractivity contribution in [3.63, 3.8) is 0 Å². The summed E-state index contributed by atoms with van der Waals surface area (Å²) in [6, 6.07) is 7.22. The predicted octanol–water partition coefficient (Wildman–Crippen LogP) is 3.15. The Hall–Kier alpha value is -2.05. The van der Waals surface area contributed by atoms with Crippen LogP contribution < -0.4 is 16.4 Å². The molecule has 0 spiro atoms. The molecule has 0 radical (unpaired) electrons. The van der Waals surface area contributed by atoms with Crippen LogP contribution in [0.3, 0.4) is 0 Å².